The third-order valence-corrected chi connectivity index (χ3v) is 1.83. The minimum Gasteiger partial charge on any atom is -0.469 e. The fourth-order valence-electron chi connectivity index (χ4n) is 1.09. The standard InChI is InChI=1S/C10H17N5O4/c1-10(2,3)19-9(17)13-15-12-7(11-14-15)5-6-8(16)18-4/h5-6H2,1-4H3,(H,13,17). The fourth-order valence-corrected chi connectivity index (χ4v) is 1.09. The number of nitrogens with one attached hydrogen (secondary N) is 1. The Kier molecular flexibility index (Phi) is 4.79. The number of carbonyl (C=O) groups excluding carboxylic acids is 2. The Morgan fingerprint density at radius 1 is 1.37 bits per heavy atom. The number of nitrogens with zero attached hydrogens (tertiary/aromatic N) is 4. The van der Waals surface area contributed by atoms with Crippen LogP contribution >= 0.6 is 0 Å². The fraction of sp³-hybridized carbons (Fsp3) is 0.700. The summed E-state index contributed by atoms with van der Waals surface area (Å²) in [5.41, 5.74) is 1.66. The minimum atomic E-state index is -0.690. The van der Waals surface area contributed by atoms with Crippen molar-refractivity contribution in [2.45, 2.75) is 39.2 Å². The Morgan fingerprint density at radius 3 is 2.63 bits per heavy atom. The van der Waals surface area contributed by atoms with Crippen LogP contribution in [0, 0.1) is 0 Å². The van der Waals surface area contributed by atoms with E-state index < -0.39 is 11.7 Å². The molecule has 1 N–H and O–H groups in total. The highest BCUT2D eigenvalue weighted by molar-refractivity contribution is 5.75. The van der Waals surface area contributed by atoms with Gasteiger partial charge in [0.1, 0.15) is 5.60 Å². The average molecular weight is 271 g/mol. The molecule has 0 spiro atoms. The van der Waals surface area contributed by atoms with Gasteiger partial charge in [0.15, 0.2) is 5.82 Å². The average Bonchev–Trinajstić information content (AvgIpc) is 2.70. The normalized spacial score (nSPS) is 10.9. The molecule has 0 fully saturated rings. The van der Waals surface area contributed by atoms with Crippen LogP contribution in [0.5, 0.6) is 0 Å². The van der Waals surface area contributed by atoms with Gasteiger partial charge >= 0.3 is 12.1 Å². The van der Waals surface area contributed by atoms with Crippen LogP contribution in [0.4, 0.5) is 4.79 Å². The zero-order valence-electron chi connectivity index (χ0n) is 11.3. The molecule has 0 saturated carbocycles. The molecule has 19 heavy (non-hydrogen) atoms. The highest BCUT2D eigenvalue weighted by Gasteiger charge is 2.17. The number of hydrogen-bond donors (Lipinski definition) is 1. The number of tetrazole rings is 1. The van der Waals surface area contributed by atoms with Crippen LogP contribution < -0.4 is 5.43 Å². The third kappa shape index (κ3) is 5.80. The number of esters is 1. The molecule has 0 aromatic carbocycles. The molecule has 9 heteroatoms. The van der Waals surface area contributed by atoms with Gasteiger partial charge in [-0.05, 0) is 26.0 Å². The predicted octanol–water partition coefficient (Wildman–Crippen LogP) is 0.257. The molecule has 9 nitrogen and oxygen atoms in total. The summed E-state index contributed by atoms with van der Waals surface area (Å²) >= 11 is 0. The van der Waals surface area contributed by atoms with Crippen molar-refractivity contribution >= 4 is 12.1 Å². The maximum Gasteiger partial charge on any atom is 0.429 e. The summed E-state index contributed by atoms with van der Waals surface area (Å²) in [4.78, 5) is 23.2. The lowest BCUT2D eigenvalue weighted by Gasteiger charge is -2.18. The lowest BCUT2D eigenvalue weighted by Crippen LogP contribution is -2.32. The van der Waals surface area contributed by atoms with Crippen LogP contribution in [-0.4, -0.2) is 45.1 Å². The van der Waals surface area contributed by atoms with Gasteiger partial charge in [-0.1, -0.05) is 4.91 Å². The van der Waals surface area contributed by atoms with Crippen LogP contribution in [-0.2, 0) is 20.7 Å². The maximum absolute atomic E-state index is 11.4. The van der Waals surface area contributed by atoms with Gasteiger partial charge in [-0.25, -0.2) is 4.79 Å². The molecule has 0 bridgehead atoms. The van der Waals surface area contributed by atoms with Gasteiger partial charge in [0, 0.05) is 6.42 Å². The third-order valence-electron chi connectivity index (χ3n) is 1.83. The molecule has 0 aliphatic rings. The quantitative estimate of drug-likeness (QED) is 0.782. The van der Waals surface area contributed by atoms with E-state index in [0.717, 1.165) is 4.91 Å². The monoisotopic (exact) mass is 271 g/mol. The van der Waals surface area contributed by atoms with Gasteiger partial charge in [0.2, 0.25) is 0 Å². The molecular formula is C10H17N5O4. The van der Waals surface area contributed by atoms with Gasteiger partial charge in [0.05, 0.1) is 13.5 Å². The molecular weight excluding hydrogens is 254 g/mol. The number of aromatic nitrogens is 4. The minimum absolute atomic E-state index is 0.147. The van der Waals surface area contributed by atoms with Crippen molar-refractivity contribution in [3.8, 4) is 0 Å². The van der Waals surface area contributed by atoms with Gasteiger partial charge < -0.3 is 9.47 Å². The number of amides is 1. The lowest BCUT2D eigenvalue weighted by molar-refractivity contribution is -0.140. The zero-order valence-corrected chi connectivity index (χ0v) is 11.3. The summed E-state index contributed by atoms with van der Waals surface area (Å²) < 4.78 is 9.50. The van der Waals surface area contributed by atoms with Crippen molar-refractivity contribution in [2.75, 3.05) is 12.5 Å². The van der Waals surface area contributed by atoms with Gasteiger partial charge in [-0.3, -0.25) is 4.79 Å². The lowest BCUT2D eigenvalue weighted by atomic mass is 10.2. The van der Waals surface area contributed by atoms with E-state index in [1.165, 1.54) is 7.11 Å². The summed E-state index contributed by atoms with van der Waals surface area (Å²) in [6, 6.07) is 0. The first kappa shape index (κ1) is 14.9. The maximum atomic E-state index is 11.4. The number of rotatable bonds is 4. The second-order valence-corrected chi connectivity index (χ2v) is 4.68. The molecule has 1 aromatic rings. The van der Waals surface area contributed by atoms with Crippen molar-refractivity contribution in [1.29, 1.82) is 0 Å². The first-order chi connectivity index (χ1) is 8.80. The number of methoxy groups -OCH3 is 1. The van der Waals surface area contributed by atoms with E-state index in [-0.39, 0.29) is 18.8 Å². The van der Waals surface area contributed by atoms with E-state index >= 15 is 0 Å². The van der Waals surface area contributed by atoms with Crippen molar-refractivity contribution in [3.05, 3.63) is 5.82 Å². The predicted molar refractivity (Wildman–Crippen MR) is 63.7 cm³/mol. The number of aryl methyl sites for hydroxylation is 1. The van der Waals surface area contributed by atoms with Crippen LogP contribution in [0.3, 0.4) is 0 Å². The Bertz CT molecular complexity index is 451. The summed E-state index contributed by atoms with van der Waals surface area (Å²) in [6.07, 6.45) is -0.262. The molecule has 0 aliphatic heterocycles. The smallest absolute Gasteiger partial charge is 0.429 e. The van der Waals surface area contributed by atoms with E-state index in [1.807, 2.05) is 0 Å². The summed E-state index contributed by atoms with van der Waals surface area (Å²) in [5, 5.41) is 11.1. The first-order valence-corrected chi connectivity index (χ1v) is 5.66. The Balaban J connectivity index is 2.46. The Labute approximate surface area is 110 Å². The van der Waals surface area contributed by atoms with E-state index in [4.69, 9.17) is 4.74 Å². The molecule has 0 atom stereocenters. The summed E-state index contributed by atoms with van der Waals surface area (Å²) in [5.74, 6) is -0.0436. The number of hydrogen-bond acceptors (Lipinski definition) is 7. The van der Waals surface area contributed by atoms with E-state index in [2.05, 4.69) is 25.6 Å². The summed E-state index contributed by atoms with van der Waals surface area (Å²) in [7, 11) is 1.30. The van der Waals surface area contributed by atoms with Crippen molar-refractivity contribution < 1.29 is 19.1 Å². The molecule has 1 rings (SSSR count). The van der Waals surface area contributed by atoms with Crippen LogP contribution in [0.2, 0.25) is 0 Å². The van der Waals surface area contributed by atoms with Crippen LogP contribution in [0.15, 0.2) is 0 Å². The van der Waals surface area contributed by atoms with Crippen molar-refractivity contribution in [2.24, 2.45) is 0 Å². The second kappa shape index (κ2) is 6.12. The first-order valence-electron chi connectivity index (χ1n) is 5.66. The zero-order chi connectivity index (χ0) is 14.5. The Hall–Kier alpha value is -2.19. The SMILES string of the molecule is COC(=O)CCc1nnn(NC(=O)OC(C)(C)C)n1. The molecule has 1 heterocycles. The Morgan fingerprint density at radius 2 is 2.05 bits per heavy atom. The topological polar surface area (TPSA) is 108 Å². The van der Waals surface area contributed by atoms with Crippen LogP contribution in [0.1, 0.15) is 33.0 Å². The highest BCUT2D eigenvalue weighted by atomic mass is 16.6. The van der Waals surface area contributed by atoms with Gasteiger partial charge in [-0.15, -0.1) is 10.2 Å². The van der Waals surface area contributed by atoms with Crippen molar-refractivity contribution in [3.63, 3.8) is 0 Å². The highest BCUT2D eigenvalue weighted by Crippen LogP contribution is 2.06. The molecule has 0 aliphatic carbocycles. The van der Waals surface area contributed by atoms with E-state index in [1.54, 1.807) is 20.8 Å². The van der Waals surface area contributed by atoms with Crippen molar-refractivity contribution in [1.82, 2.24) is 20.3 Å². The molecule has 0 radical (unpaired) electrons. The molecule has 0 unspecified atom stereocenters. The van der Waals surface area contributed by atoms with Gasteiger partial charge in [0.25, 0.3) is 0 Å². The van der Waals surface area contributed by atoms with Crippen LogP contribution in [0.25, 0.3) is 0 Å². The number of ether oxygens (including phenoxy) is 2. The van der Waals surface area contributed by atoms with E-state index in [0.29, 0.717) is 5.82 Å². The number of carbonyl (C=O) groups is 2. The molecule has 106 valence electrons. The second-order valence-electron chi connectivity index (χ2n) is 4.68. The molecule has 0 saturated heterocycles. The van der Waals surface area contributed by atoms with E-state index in [9.17, 15) is 9.59 Å². The molecule has 1 amide bonds. The van der Waals surface area contributed by atoms with Gasteiger partial charge in [-0.2, -0.15) is 5.43 Å². The largest absolute Gasteiger partial charge is 0.469 e. The summed E-state index contributed by atoms with van der Waals surface area (Å²) in [6.45, 7) is 5.22. The molecule has 1 aromatic heterocycles.